The minimum Gasteiger partial charge on any atom is -0.464 e. The van der Waals surface area contributed by atoms with Crippen LogP contribution >= 0.6 is 0 Å². The number of hydrogen-bond acceptors (Lipinski definition) is 6. The average molecular weight is 144 g/mol. The van der Waals surface area contributed by atoms with E-state index in [9.17, 15) is 14.4 Å². The summed E-state index contributed by atoms with van der Waals surface area (Å²) >= 11 is 0. The van der Waals surface area contributed by atoms with Gasteiger partial charge in [-0.05, 0) is 0 Å². The fourth-order valence-electron chi connectivity index (χ4n) is 0.396. The second-order valence-electron chi connectivity index (χ2n) is 1.33. The molecule has 0 radical (unpaired) electrons. The molecule has 0 unspecified atom stereocenters. The third kappa shape index (κ3) is 1.07. The predicted octanol–water partition coefficient (Wildman–Crippen LogP) is -1.76. The summed E-state index contributed by atoms with van der Waals surface area (Å²) in [6, 6.07) is 0. The van der Waals surface area contributed by atoms with Crippen molar-refractivity contribution in [1.29, 1.82) is 0 Å². The summed E-state index contributed by atoms with van der Waals surface area (Å²) in [5.41, 5.74) is 0. The van der Waals surface area contributed by atoms with E-state index in [1.807, 2.05) is 0 Å². The minimum atomic E-state index is -1.50. The fourth-order valence-corrected chi connectivity index (χ4v) is 0.396. The molecule has 0 aliphatic carbocycles. The molecule has 1 heterocycles. The highest BCUT2D eigenvalue weighted by molar-refractivity contribution is 6.56. The van der Waals surface area contributed by atoms with Crippen LogP contribution in [0.2, 0.25) is 0 Å². The summed E-state index contributed by atoms with van der Waals surface area (Å²) in [5, 5.41) is 0. The normalized spacial score (nSPS) is 16.2. The Morgan fingerprint density at radius 2 is 1.80 bits per heavy atom. The van der Waals surface area contributed by atoms with Gasteiger partial charge in [0.1, 0.15) is 0 Å². The third-order valence-electron chi connectivity index (χ3n) is 0.740. The summed E-state index contributed by atoms with van der Waals surface area (Å²) in [5.74, 6) is -2.32. The van der Waals surface area contributed by atoms with E-state index in [0.29, 0.717) is 0 Å². The lowest BCUT2D eigenvalue weighted by atomic mass is 10.2. The largest absolute Gasteiger partial charge is 0.870 e. The van der Waals surface area contributed by atoms with Crippen molar-refractivity contribution in [1.82, 2.24) is 0 Å². The maximum atomic E-state index is 10.2. The lowest BCUT2D eigenvalue weighted by molar-refractivity contribution is -0.150. The van der Waals surface area contributed by atoms with Crippen LogP contribution in [0.4, 0.5) is 0 Å². The van der Waals surface area contributed by atoms with Crippen LogP contribution in [0.1, 0.15) is 0 Å². The van der Waals surface area contributed by atoms with Crippen LogP contribution in [0.3, 0.4) is 0 Å². The van der Waals surface area contributed by atoms with Gasteiger partial charge in [-0.2, -0.15) is 0 Å². The van der Waals surface area contributed by atoms with Crippen LogP contribution < -0.4 is 0 Å². The van der Waals surface area contributed by atoms with Gasteiger partial charge in [0.15, 0.2) is 0 Å². The molecular formula is C3HBO6. The van der Waals surface area contributed by atoms with Crippen LogP contribution in [0.25, 0.3) is 0 Å². The molecule has 1 rings (SSSR count). The standard InChI is InChI=1S/C3HBO6/c5-1-8-4-9-2(6)3(7)10-4/h1H. The molecule has 0 aromatic carbocycles. The third-order valence-corrected chi connectivity index (χ3v) is 0.740. The van der Waals surface area contributed by atoms with Gasteiger partial charge in [-0.25, -0.2) is 9.59 Å². The molecule has 52 valence electrons. The first-order valence-electron chi connectivity index (χ1n) is 2.25. The van der Waals surface area contributed by atoms with Crippen molar-refractivity contribution in [2.24, 2.45) is 0 Å². The number of carbonyl (C=O) groups excluding carboxylic acids is 3. The van der Waals surface area contributed by atoms with Crippen LogP contribution in [0.15, 0.2) is 0 Å². The van der Waals surface area contributed by atoms with Gasteiger partial charge < -0.3 is 14.0 Å². The summed E-state index contributed by atoms with van der Waals surface area (Å²) < 4.78 is 12.1. The summed E-state index contributed by atoms with van der Waals surface area (Å²) in [6.07, 6.45) is 0. The summed E-state index contributed by atoms with van der Waals surface area (Å²) in [6.45, 7) is 0.0105. The monoisotopic (exact) mass is 144 g/mol. The highest BCUT2D eigenvalue weighted by atomic mass is 16.8. The Balaban J connectivity index is 2.48. The quantitative estimate of drug-likeness (QED) is 0.259. The first-order valence-corrected chi connectivity index (χ1v) is 2.25. The van der Waals surface area contributed by atoms with Gasteiger partial charge in [0, 0.05) is 0 Å². The first kappa shape index (κ1) is 6.59. The van der Waals surface area contributed by atoms with Gasteiger partial charge in [0.05, 0.1) is 0 Å². The molecule has 10 heavy (non-hydrogen) atoms. The zero-order chi connectivity index (χ0) is 7.56. The molecule has 0 bridgehead atoms. The van der Waals surface area contributed by atoms with E-state index >= 15 is 0 Å². The Hall–Kier alpha value is -1.53. The molecule has 0 aromatic heterocycles. The van der Waals surface area contributed by atoms with Crippen molar-refractivity contribution >= 4 is 25.7 Å². The topological polar surface area (TPSA) is 78.9 Å². The van der Waals surface area contributed by atoms with E-state index in [0.717, 1.165) is 0 Å². The first-order chi connectivity index (χ1) is 4.74. The van der Waals surface area contributed by atoms with E-state index in [4.69, 9.17) is 0 Å². The van der Waals surface area contributed by atoms with Crippen molar-refractivity contribution in [3.63, 3.8) is 0 Å². The van der Waals surface area contributed by atoms with Crippen LogP contribution in [-0.4, -0.2) is 25.7 Å². The number of carbonyl (C=O) groups is 3. The second kappa shape index (κ2) is 2.38. The molecule has 1 aliphatic rings. The van der Waals surface area contributed by atoms with Crippen LogP contribution in [-0.2, 0) is 28.3 Å². The average Bonchev–Trinajstić information content (AvgIpc) is 2.14. The van der Waals surface area contributed by atoms with Crippen molar-refractivity contribution in [3.05, 3.63) is 0 Å². The van der Waals surface area contributed by atoms with E-state index in [2.05, 4.69) is 14.0 Å². The lowest BCUT2D eigenvalue weighted by Gasteiger charge is -1.93. The van der Waals surface area contributed by atoms with E-state index in [1.165, 1.54) is 0 Å². The molecule has 0 spiro atoms. The van der Waals surface area contributed by atoms with Gasteiger partial charge >= 0.3 is 19.3 Å². The number of rotatable bonds is 2. The maximum absolute atomic E-state index is 10.2. The highest BCUT2D eigenvalue weighted by Gasteiger charge is 2.45. The lowest BCUT2D eigenvalue weighted by Crippen LogP contribution is -2.19. The smallest absolute Gasteiger partial charge is 0.464 e. The summed E-state index contributed by atoms with van der Waals surface area (Å²) in [7, 11) is -1.50. The molecule has 0 atom stereocenters. The number of hydrogen-bond donors (Lipinski definition) is 0. The van der Waals surface area contributed by atoms with E-state index in [1.54, 1.807) is 0 Å². The van der Waals surface area contributed by atoms with Crippen molar-refractivity contribution in [2.75, 3.05) is 0 Å². The molecule has 0 amide bonds. The van der Waals surface area contributed by atoms with Gasteiger partial charge in [0.25, 0.3) is 6.47 Å². The Morgan fingerprint density at radius 3 is 2.20 bits per heavy atom. The van der Waals surface area contributed by atoms with Gasteiger partial charge in [0.2, 0.25) is 0 Å². The van der Waals surface area contributed by atoms with E-state index < -0.39 is 19.3 Å². The maximum Gasteiger partial charge on any atom is 0.870 e. The molecule has 6 nitrogen and oxygen atoms in total. The Bertz CT molecular complexity index is 171. The molecular weight excluding hydrogens is 143 g/mol. The van der Waals surface area contributed by atoms with E-state index in [-0.39, 0.29) is 6.47 Å². The van der Waals surface area contributed by atoms with Crippen molar-refractivity contribution in [3.8, 4) is 0 Å². The molecule has 1 aliphatic heterocycles. The SMILES string of the molecule is O=COB1OC(=O)C(=O)O1. The molecule has 1 saturated heterocycles. The fraction of sp³-hybridized carbons (Fsp3) is 0. The molecule has 1 fully saturated rings. The molecule has 0 N–H and O–H groups in total. The minimum absolute atomic E-state index is 0.0105. The van der Waals surface area contributed by atoms with Crippen LogP contribution in [0.5, 0.6) is 0 Å². The second-order valence-corrected chi connectivity index (χ2v) is 1.33. The van der Waals surface area contributed by atoms with Crippen molar-refractivity contribution < 1.29 is 28.3 Å². The predicted molar refractivity (Wildman–Crippen MR) is 25.1 cm³/mol. The van der Waals surface area contributed by atoms with Crippen LogP contribution in [0, 0.1) is 0 Å². The zero-order valence-electron chi connectivity index (χ0n) is 4.60. The van der Waals surface area contributed by atoms with Gasteiger partial charge in [-0.3, -0.25) is 4.79 Å². The molecule has 0 aromatic rings. The van der Waals surface area contributed by atoms with Gasteiger partial charge in [-0.15, -0.1) is 0 Å². The van der Waals surface area contributed by atoms with Gasteiger partial charge in [-0.1, -0.05) is 0 Å². The molecule has 0 saturated carbocycles. The molecule has 7 heteroatoms. The Kier molecular flexibility index (Phi) is 1.57. The Labute approximate surface area is 55.2 Å². The van der Waals surface area contributed by atoms with Crippen molar-refractivity contribution in [2.45, 2.75) is 0 Å². The Morgan fingerprint density at radius 1 is 1.30 bits per heavy atom. The zero-order valence-corrected chi connectivity index (χ0v) is 4.60. The highest BCUT2D eigenvalue weighted by Crippen LogP contribution is 2.02. The summed E-state index contributed by atoms with van der Waals surface area (Å²) in [4.78, 5) is 29.9.